The van der Waals surface area contributed by atoms with Crippen LogP contribution < -0.4 is 272 Å². The molecule has 0 amide bonds. The minimum Gasteiger partial charge on any atom is -0.748 e. The maximum atomic E-state index is 12.8. The van der Waals surface area contributed by atoms with Gasteiger partial charge in [0.2, 0.25) is 5.69 Å². The van der Waals surface area contributed by atoms with E-state index in [-0.39, 0.29) is 311 Å². The fourth-order valence-corrected chi connectivity index (χ4v) is 12.5. The van der Waals surface area contributed by atoms with Crippen LogP contribution >= 0.6 is 24.1 Å². The molecule has 0 saturated heterocycles. The van der Waals surface area contributed by atoms with E-state index in [2.05, 4.69) is 18.7 Å². The SMILES string of the molecule is CC1(C)C(/C=C/C=C/C=C/C=C2/N(CCCCS(=O)(=O)[O-])c3ccc4cc(S(=O)(=O)[O-])cc(SOO[O-])c4c3C2(C)C)=[N+](CCCCS(=O)(=O)[O-])c2ccc3cc(SOO[O-])cc(S(=O)(=O)[O-])c3c21.[K+].[K+].[K+].[K+].[K+]. The summed E-state index contributed by atoms with van der Waals surface area (Å²) in [5, 5.41) is 29.6. The average Bonchev–Trinajstić information content (AvgIpc) is 3.60. The Kier molecular flexibility index (Phi) is 33.5. The molecular formula is C43H43K5N2O18S6. The molecule has 0 spiro atoms. The molecule has 2 aliphatic rings. The molecule has 0 fully saturated rings. The van der Waals surface area contributed by atoms with Crippen molar-refractivity contribution in [3.8, 4) is 0 Å². The fourth-order valence-electron chi connectivity index (χ4n) is 8.91. The molecule has 4 aromatic carbocycles. The van der Waals surface area contributed by atoms with E-state index in [1.54, 1.807) is 60.7 Å². The van der Waals surface area contributed by atoms with Crippen LogP contribution in [0.3, 0.4) is 0 Å². The van der Waals surface area contributed by atoms with Crippen molar-refractivity contribution >= 4 is 103 Å². The van der Waals surface area contributed by atoms with Crippen molar-refractivity contribution < 1.29 is 343 Å². The molecule has 0 aliphatic carbocycles. The van der Waals surface area contributed by atoms with Crippen LogP contribution in [0, 0.1) is 0 Å². The Morgan fingerprint density at radius 3 is 1.78 bits per heavy atom. The minimum absolute atomic E-state index is 0. The zero-order chi connectivity index (χ0) is 50.7. The first-order chi connectivity index (χ1) is 32.2. The predicted octanol–water partition coefficient (Wildman–Crippen LogP) is -10.3. The largest absolute Gasteiger partial charge is 1.00 e. The van der Waals surface area contributed by atoms with Crippen LogP contribution in [0.2, 0.25) is 0 Å². The van der Waals surface area contributed by atoms with E-state index >= 15 is 0 Å². The minimum atomic E-state index is -5.11. The molecule has 2 heterocycles. The van der Waals surface area contributed by atoms with E-state index in [0.717, 1.165) is 12.1 Å². The van der Waals surface area contributed by atoms with Gasteiger partial charge in [0, 0.05) is 79.5 Å². The topological polar surface area (TPSA) is 318 Å². The third-order valence-corrected chi connectivity index (χ3v) is 16.1. The van der Waals surface area contributed by atoms with Crippen molar-refractivity contribution in [3.63, 3.8) is 0 Å². The summed E-state index contributed by atoms with van der Waals surface area (Å²) >= 11 is 0.837. The molecule has 0 unspecified atom stereocenters. The molecule has 0 aromatic heterocycles. The first-order valence-corrected chi connectivity index (χ1v) is 28.1. The van der Waals surface area contributed by atoms with E-state index in [4.69, 9.17) is 0 Å². The molecule has 0 saturated carbocycles. The van der Waals surface area contributed by atoms with Gasteiger partial charge in [-0.05, 0) is 91.9 Å². The molecule has 31 heteroatoms. The van der Waals surface area contributed by atoms with Crippen LogP contribution in [0.4, 0.5) is 11.4 Å². The molecule has 374 valence electrons. The quantitative estimate of drug-likeness (QED) is 0.0103. The maximum absolute atomic E-state index is 12.8. The summed E-state index contributed by atoms with van der Waals surface area (Å²) in [6.07, 6.45) is 12.9. The molecule has 20 nitrogen and oxygen atoms in total. The normalized spacial score (nSPS) is 15.8. The van der Waals surface area contributed by atoms with Crippen LogP contribution in [0.5, 0.6) is 0 Å². The molecule has 0 N–H and O–H groups in total. The summed E-state index contributed by atoms with van der Waals surface area (Å²) in [5.41, 5.74) is 1.84. The molecule has 6 rings (SSSR count). The van der Waals surface area contributed by atoms with E-state index in [1.165, 1.54) is 12.1 Å². The van der Waals surface area contributed by atoms with E-state index < -0.39 is 72.6 Å². The zero-order valence-corrected chi connectivity index (χ0v) is 62.5. The summed E-state index contributed by atoms with van der Waals surface area (Å²) in [6, 6.07) is 11.5. The van der Waals surface area contributed by atoms with Crippen molar-refractivity contribution in [1.29, 1.82) is 0 Å². The Labute approximate surface area is 652 Å². The number of fused-ring (bicyclic) bond motifs is 6. The molecular weight excluding hydrogens is 1220 g/mol. The van der Waals surface area contributed by atoms with Crippen LogP contribution in [-0.2, 0) is 70.0 Å². The second-order valence-electron chi connectivity index (χ2n) is 16.9. The molecule has 0 atom stereocenters. The Hall–Kier alpha value is 4.11. The Morgan fingerprint density at radius 1 is 0.622 bits per heavy atom. The number of unbranched alkanes of at least 4 members (excludes halogenated alkanes) is 2. The Morgan fingerprint density at radius 2 is 1.19 bits per heavy atom. The van der Waals surface area contributed by atoms with Gasteiger partial charge in [-0.15, -0.1) is 0 Å². The first-order valence-electron chi connectivity index (χ1n) is 20.6. The summed E-state index contributed by atoms with van der Waals surface area (Å²) in [7, 11) is -19.0. The van der Waals surface area contributed by atoms with Gasteiger partial charge >= 0.3 is 257 Å². The monoisotopic (exact) mass is 1260 g/mol. The average molecular weight is 1260 g/mol. The fraction of sp³-hybridized carbons (Fsp3) is 0.326. The zero-order valence-electron chi connectivity index (χ0n) is 42.0. The maximum Gasteiger partial charge on any atom is 1.00 e. The Balaban J connectivity index is 0.00000548. The first kappa shape index (κ1) is 76.1. The van der Waals surface area contributed by atoms with E-state index in [0.29, 0.717) is 74.2 Å². The van der Waals surface area contributed by atoms with Gasteiger partial charge in [0.1, 0.15) is 26.8 Å². The van der Waals surface area contributed by atoms with Gasteiger partial charge in [-0.1, -0.05) is 50.3 Å². The second-order valence-corrected chi connectivity index (χ2v) is 24.2. The van der Waals surface area contributed by atoms with Crippen LogP contribution in [0.25, 0.3) is 21.5 Å². The summed E-state index contributed by atoms with van der Waals surface area (Å²) < 4.78 is 154. The van der Waals surface area contributed by atoms with Gasteiger partial charge in [0.15, 0.2) is 5.71 Å². The second kappa shape index (κ2) is 32.6. The number of benzene rings is 4. The van der Waals surface area contributed by atoms with Crippen molar-refractivity contribution in [3.05, 3.63) is 108 Å². The van der Waals surface area contributed by atoms with Gasteiger partial charge in [-0.2, -0.15) is 13.2 Å². The number of hydrogen-bond donors (Lipinski definition) is 0. The smallest absolute Gasteiger partial charge is 0.748 e. The van der Waals surface area contributed by atoms with Crippen molar-refractivity contribution in [1.82, 2.24) is 0 Å². The van der Waals surface area contributed by atoms with Gasteiger partial charge in [0.25, 0.3) is 0 Å². The predicted molar refractivity (Wildman–Crippen MR) is 246 cm³/mol. The van der Waals surface area contributed by atoms with Crippen molar-refractivity contribution in [2.24, 2.45) is 0 Å². The summed E-state index contributed by atoms with van der Waals surface area (Å²) in [4.78, 5) is 1.00. The molecule has 0 bridgehead atoms. The number of anilines is 1. The number of nitrogens with zero attached hydrogens (tertiary/aromatic N) is 2. The van der Waals surface area contributed by atoms with Gasteiger partial charge in [-0.3, -0.25) is 10.1 Å². The number of rotatable bonds is 22. The molecule has 0 radical (unpaired) electrons. The van der Waals surface area contributed by atoms with E-state index in [1.807, 2.05) is 43.2 Å². The molecule has 4 aromatic rings. The number of allylic oxidation sites excluding steroid dienone is 8. The Bertz CT molecular complexity index is 3300. The third kappa shape index (κ3) is 19.6. The molecule has 74 heavy (non-hydrogen) atoms. The van der Waals surface area contributed by atoms with E-state index in [9.17, 15) is 62.4 Å². The molecule has 2 aliphatic heterocycles. The van der Waals surface area contributed by atoms with Crippen molar-refractivity contribution in [2.75, 3.05) is 29.5 Å². The standard InChI is InChI=1S/C43H48N2O18S6.5K/c1-42(2)36(44(20-10-12-22-66(48,49)50)32-19-17-29-25-31(68(54,55)56)27-34(65-63-61-47)38(29)40(32)42)14-8-6-5-7-9-15-37-43(3,4)41-33(45(37)21-11-13-23-67(51,52)53)18-16-28-24-30(64-62-60-46)26-35(39(28)41)69(57,58)59;;;;;/h5-9,14-19,24-27H,10-13,20-23H2,1-4H3,(H5-,46,47,48,49,50,51,52,53,54,55,56,57,58,59);;;;;/q;5*+1/p-5. The summed E-state index contributed by atoms with van der Waals surface area (Å²) in [5.74, 6) is -1.17. The van der Waals surface area contributed by atoms with Gasteiger partial charge in [-0.25, -0.2) is 33.7 Å². The van der Waals surface area contributed by atoms with Crippen LogP contribution in [0.15, 0.2) is 116 Å². The van der Waals surface area contributed by atoms with Gasteiger partial charge in [0.05, 0.1) is 59.5 Å². The number of hydrogen-bond acceptors (Lipinski definition) is 21. The van der Waals surface area contributed by atoms with Crippen molar-refractivity contribution in [2.45, 2.75) is 83.8 Å². The third-order valence-electron chi connectivity index (χ3n) is 11.6. The van der Waals surface area contributed by atoms with Gasteiger partial charge < -0.3 is 33.6 Å². The van der Waals surface area contributed by atoms with Crippen LogP contribution in [-0.4, -0.2) is 86.8 Å². The van der Waals surface area contributed by atoms with Crippen LogP contribution in [0.1, 0.15) is 64.5 Å². The summed E-state index contributed by atoms with van der Waals surface area (Å²) in [6.45, 7) is 7.91.